The highest BCUT2D eigenvalue weighted by Gasteiger charge is 2.21. The maximum Gasteiger partial charge on any atom is 0.0818 e. The highest BCUT2D eigenvalue weighted by atomic mass is 35.5. The van der Waals surface area contributed by atoms with E-state index in [4.69, 9.17) is 11.6 Å². The third-order valence-electron chi connectivity index (χ3n) is 3.79. The van der Waals surface area contributed by atoms with E-state index in [1.807, 2.05) is 24.3 Å². The second-order valence-corrected chi connectivity index (χ2v) is 5.54. The lowest BCUT2D eigenvalue weighted by Gasteiger charge is -2.25. The van der Waals surface area contributed by atoms with Crippen molar-refractivity contribution in [3.8, 4) is 0 Å². The van der Waals surface area contributed by atoms with Crippen LogP contribution < -0.4 is 0 Å². The van der Waals surface area contributed by atoms with E-state index in [2.05, 4.69) is 0 Å². The van der Waals surface area contributed by atoms with E-state index in [1.54, 1.807) is 0 Å². The average Bonchev–Trinajstić information content (AvgIpc) is 2.28. The van der Waals surface area contributed by atoms with Gasteiger partial charge in [-0.3, -0.25) is 0 Å². The first kappa shape index (κ1) is 12.9. The van der Waals surface area contributed by atoms with Gasteiger partial charge in [-0.15, -0.1) is 0 Å². The van der Waals surface area contributed by atoms with Crippen LogP contribution in [0.4, 0.5) is 0 Å². The summed E-state index contributed by atoms with van der Waals surface area (Å²) in [6.07, 6.45) is 8.45. The number of aliphatic hydroxyl groups is 1. The monoisotopic (exact) mass is 252 g/mol. The minimum atomic E-state index is -0.341. The van der Waals surface area contributed by atoms with Crippen molar-refractivity contribution in [3.63, 3.8) is 0 Å². The lowest BCUT2D eigenvalue weighted by molar-refractivity contribution is 0.0913. The average molecular weight is 253 g/mol. The van der Waals surface area contributed by atoms with Crippen LogP contribution in [0.1, 0.15) is 56.6 Å². The molecule has 0 spiro atoms. The van der Waals surface area contributed by atoms with E-state index in [9.17, 15) is 5.11 Å². The zero-order valence-corrected chi connectivity index (χ0v) is 11.0. The van der Waals surface area contributed by atoms with Crippen molar-refractivity contribution in [2.75, 3.05) is 0 Å². The molecular formula is C15H21ClO. The maximum atomic E-state index is 10.4. The molecule has 0 radical (unpaired) electrons. The second kappa shape index (κ2) is 6.42. The molecule has 1 saturated carbocycles. The first-order valence-corrected chi connectivity index (χ1v) is 7.09. The first-order chi connectivity index (χ1) is 8.27. The zero-order chi connectivity index (χ0) is 12.1. The topological polar surface area (TPSA) is 20.2 Å². The zero-order valence-electron chi connectivity index (χ0n) is 10.2. The van der Waals surface area contributed by atoms with Crippen LogP contribution in [0.15, 0.2) is 24.3 Å². The molecular weight excluding hydrogens is 232 g/mol. The van der Waals surface area contributed by atoms with E-state index < -0.39 is 0 Å². The van der Waals surface area contributed by atoms with Gasteiger partial charge in [0.25, 0.3) is 0 Å². The van der Waals surface area contributed by atoms with Gasteiger partial charge >= 0.3 is 0 Å². The largest absolute Gasteiger partial charge is 0.388 e. The van der Waals surface area contributed by atoms with Gasteiger partial charge in [0, 0.05) is 5.02 Å². The number of hydrogen-bond donors (Lipinski definition) is 1. The van der Waals surface area contributed by atoms with E-state index in [0.29, 0.717) is 10.9 Å². The summed E-state index contributed by atoms with van der Waals surface area (Å²) in [5, 5.41) is 11.1. The molecule has 0 heterocycles. The molecule has 1 N–H and O–H groups in total. The fourth-order valence-corrected chi connectivity index (χ4v) is 2.96. The predicted molar refractivity (Wildman–Crippen MR) is 72.2 cm³/mol. The van der Waals surface area contributed by atoms with Gasteiger partial charge in [-0.05, 0) is 36.5 Å². The maximum absolute atomic E-state index is 10.4. The number of aliphatic hydroxyl groups excluding tert-OH is 1. The molecule has 0 aliphatic heterocycles. The van der Waals surface area contributed by atoms with E-state index in [0.717, 1.165) is 18.4 Å². The summed E-state index contributed by atoms with van der Waals surface area (Å²) in [6.45, 7) is 0. The van der Waals surface area contributed by atoms with Crippen LogP contribution in [0.2, 0.25) is 5.02 Å². The van der Waals surface area contributed by atoms with Crippen LogP contribution in [-0.4, -0.2) is 5.11 Å². The van der Waals surface area contributed by atoms with Crippen molar-refractivity contribution >= 4 is 11.6 Å². The van der Waals surface area contributed by atoms with Crippen LogP contribution in [0, 0.1) is 5.92 Å². The fraction of sp³-hybridized carbons (Fsp3) is 0.600. The highest BCUT2D eigenvalue weighted by molar-refractivity contribution is 6.30. The Kier molecular flexibility index (Phi) is 4.87. The van der Waals surface area contributed by atoms with Gasteiger partial charge < -0.3 is 5.11 Å². The molecule has 1 aliphatic carbocycles. The van der Waals surface area contributed by atoms with Gasteiger partial charge in [0.05, 0.1) is 6.10 Å². The van der Waals surface area contributed by atoms with Gasteiger partial charge in [0.2, 0.25) is 0 Å². The Labute approximate surface area is 109 Å². The van der Waals surface area contributed by atoms with Crippen molar-refractivity contribution in [1.29, 1.82) is 0 Å². The van der Waals surface area contributed by atoms with E-state index >= 15 is 0 Å². The molecule has 0 bridgehead atoms. The smallest absolute Gasteiger partial charge is 0.0818 e. The molecule has 94 valence electrons. The molecule has 1 nitrogen and oxygen atoms in total. The van der Waals surface area contributed by atoms with Gasteiger partial charge in [-0.25, -0.2) is 0 Å². The summed E-state index contributed by atoms with van der Waals surface area (Å²) in [4.78, 5) is 0. The van der Waals surface area contributed by atoms with Crippen LogP contribution in [0.25, 0.3) is 0 Å². The molecule has 2 heteroatoms. The van der Waals surface area contributed by atoms with E-state index in [-0.39, 0.29) is 6.10 Å². The molecule has 0 saturated heterocycles. The van der Waals surface area contributed by atoms with Crippen molar-refractivity contribution in [1.82, 2.24) is 0 Å². The van der Waals surface area contributed by atoms with Gasteiger partial charge in [-0.2, -0.15) is 0 Å². The highest BCUT2D eigenvalue weighted by Crippen LogP contribution is 2.33. The summed E-state index contributed by atoms with van der Waals surface area (Å²) < 4.78 is 0. The van der Waals surface area contributed by atoms with Crippen molar-refractivity contribution < 1.29 is 5.11 Å². The van der Waals surface area contributed by atoms with Crippen molar-refractivity contribution in [2.45, 2.75) is 51.0 Å². The third kappa shape index (κ3) is 3.72. The lowest BCUT2D eigenvalue weighted by Crippen LogP contribution is -2.14. The minimum Gasteiger partial charge on any atom is -0.388 e. The summed E-state index contributed by atoms with van der Waals surface area (Å²) in [5.74, 6) is 0.411. The molecule has 2 rings (SSSR count). The van der Waals surface area contributed by atoms with Gasteiger partial charge in [-0.1, -0.05) is 55.8 Å². The lowest BCUT2D eigenvalue weighted by atomic mass is 9.84. The normalized spacial score (nSPS) is 20.6. The number of halogens is 1. The second-order valence-electron chi connectivity index (χ2n) is 5.11. The Morgan fingerprint density at radius 2 is 1.71 bits per heavy atom. The molecule has 1 aliphatic rings. The Bertz CT molecular complexity index is 343. The summed E-state index contributed by atoms with van der Waals surface area (Å²) in [6, 6.07) is 7.65. The molecule has 0 amide bonds. The summed E-state index contributed by atoms with van der Waals surface area (Å²) in [7, 11) is 0. The first-order valence-electron chi connectivity index (χ1n) is 6.71. The van der Waals surface area contributed by atoms with Crippen molar-refractivity contribution in [2.24, 2.45) is 5.92 Å². The van der Waals surface area contributed by atoms with E-state index in [1.165, 1.54) is 32.1 Å². The Morgan fingerprint density at radius 3 is 2.35 bits per heavy atom. The summed E-state index contributed by atoms with van der Waals surface area (Å²) in [5.41, 5.74) is 0.975. The molecule has 1 unspecified atom stereocenters. The Morgan fingerprint density at radius 1 is 1.06 bits per heavy atom. The minimum absolute atomic E-state index is 0.341. The summed E-state index contributed by atoms with van der Waals surface area (Å²) >= 11 is 5.98. The van der Waals surface area contributed by atoms with Gasteiger partial charge in [0.1, 0.15) is 0 Å². The Balaban J connectivity index is 2.04. The Hall–Kier alpha value is -0.530. The quantitative estimate of drug-likeness (QED) is 0.807. The molecule has 1 fully saturated rings. The molecule has 0 aromatic heterocycles. The molecule has 1 aromatic rings. The van der Waals surface area contributed by atoms with Crippen LogP contribution in [0.5, 0.6) is 0 Å². The van der Waals surface area contributed by atoms with Gasteiger partial charge in [0.15, 0.2) is 0 Å². The standard InChI is InChI=1S/C15H21ClO/c16-14-10-6-9-13(11-14)15(17)12-7-4-2-1-3-5-8-12/h6,9-12,15,17H,1-5,7-8H2. The molecule has 1 atom stereocenters. The number of hydrogen-bond acceptors (Lipinski definition) is 1. The van der Waals surface area contributed by atoms with Crippen LogP contribution in [-0.2, 0) is 0 Å². The predicted octanol–water partition coefficient (Wildman–Crippen LogP) is 4.73. The number of benzene rings is 1. The van der Waals surface area contributed by atoms with Crippen molar-refractivity contribution in [3.05, 3.63) is 34.9 Å². The SMILES string of the molecule is OC(c1cccc(Cl)c1)C1CCCCCCC1. The molecule has 1 aromatic carbocycles. The van der Waals surface area contributed by atoms with Crippen LogP contribution in [0.3, 0.4) is 0 Å². The fourth-order valence-electron chi connectivity index (χ4n) is 2.77. The number of rotatable bonds is 2. The third-order valence-corrected chi connectivity index (χ3v) is 4.02. The van der Waals surface area contributed by atoms with Crippen LogP contribution >= 0.6 is 11.6 Å². The molecule has 17 heavy (non-hydrogen) atoms.